The van der Waals surface area contributed by atoms with Gasteiger partial charge >= 0.3 is 5.97 Å². The summed E-state index contributed by atoms with van der Waals surface area (Å²) in [4.78, 5) is 27.5. The molecule has 0 radical (unpaired) electrons. The monoisotopic (exact) mass is 358 g/mol. The molecule has 0 bridgehead atoms. The molecule has 1 aromatic carbocycles. The van der Waals surface area contributed by atoms with Crippen molar-refractivity contribution in [3.8, 4) is 0 Å². The van der Waals surface area contributed by atoms with Gasteiger partial charge in [0.2, 0.25) is 0 Å². The molecule has 0 unspecified atom stereocenters. The van der Waals surface area contributed by atoms with E-state index < -0.39 is 11.9 Å². The fourth-order valence-corrected chi connectivity index (χ4v) is 2.08. The van der Waals surface area contributed by atoms with Gasteiger partial charge in [-0.2, -0.15) is 0 Å². The number of nitrogens with zero attached hydrogens (tertiary/aromatic N) is 1. The summed E-state index contributed by atoms with van der Waals surface area (Å²) in [6.45, 7) is 3.52. The highest BCUT2D eigenvalue weighted by molar-refractivity contribution is 6.38. The second-order valence-electron chi connectivity index (χ2n) is 4.39. The van der Waals surface area contributed by atoms with Crippen LogP contribution in [0.15, 0.2) is 28.5 Å². The largest absolute Gasteiger partial charge is 0.512 e. The molecule has 0 spiro atoms. The maximum absolute atomic E-state index is 11.9. The van der Waals surface area contributed by atoms with Crippen LogP contribution >= 0.6 is 23.2 Å². The van der Waals surface area contributed by atoms with Crippen molar-refractivity contribution in [2.45, 2.75) is 13.8 Å². The summed E-state index contributed by atoms with van der Waals surface area (Å²) in [7, 11) is 1.18. The van der Waals surface area contributed by atoms with Crippen molar-refractivity contribution >= 4 is 47.0 Å². The Morgan fingerprint density at radius 3 is 2.57 bits per heavy atom. The summed E-state index contributed by atoms with van der Waals surface area (Å²) in [5.74, 6) is -1.41. The minimum atomic E-state index is -0.754. The molecular weight excluding hydrogens is 343 g/mol. The van der Waals surface area contributed by atoms with Crippen molar-refractivity contribution in [3.05, 3.63) is 39.1 Å². The van der Waals surface area contributed by atoms with Crippen LogP contribution in [-0.2, 0) is 9.53 Å². The van der Waals surface area contributed by atoms with Gasteiger partial charge in [-0.05, 0) is 26.0 Å². The van der Waals surface area contributed by atoms with Gasteiger partial charge in [0.1, 0.15) is 11.3 Å². The van der Waals surface area contributed by atoms with Gasteiger partial charge in [-0.15, -0.1) is 0 Å². The summed E-state index contributed by atoms with van der Waals surface area (Å²) < 4.78 is 4.54. The molecule has 0 aliphatic rings. The van der Waals surface area contributed by atoms with Gasteiger partial charge in [0.05, 0.1) is 23.4 Å². The van der Waals surface area contributed by atoms with Crippen LogP contribution < -0.4 is 5.32 Å². The van der Waals surface area contributed by atoms with Gasteiger partial charge in [0, 0.05) is 17.8 Å². The van der Waals surface area contributed by atoms with E-state index in [9.17, 15) is 14.7 Å². The molecule has 0 fully saturated rings. The standard InChI is InChI=1S/C15H16Cl2N2O4/c1-4-18-14(21)10-5-9(16)6-12(13(10)17)19-7-11(8(2)20)15(22)23-3/h5-7,20H,4H2,1-3H3,(H,18,21). The molecule has 6 nitrogen and oxygen atoms in total. The Balaban J connectivity index is 3.29. The normalized spacial score (nSPS) is 12.0. The number of carbonyl (C=O) groups excluding carboxylic acids is 2. The van der Waals surface area contributed by atoms with Gasteiger partial charge in [0.25, 0.3) is 5.91 Å². The summed E-state index contributed by atoms with van der Waals surface area (Å²) in [5, 5.41) is 12.4. The number of esters is 1. The van der Waals surface area contributed by atoms with Gasteiger partial charge in [-0.25, -0.2) is 4.79 Å². The molecule has 0 saturated carbocycles. The molecule has 0 aliphatic heterocycles. The van der Waals surface area contributed by atoms with Crippen LogP contribution in [0.1, 0.15) is 24.2 Å². The summed E-state index contributed by atoms with van der Waals surface area (Å²) >= 11 is 12.1. The Kier molecular flexibility index (Phi) is 7.06. The third kappa shape index (κ3) is 4.97. The fraction of sp³-hybridized carbons (Fsp3) is 0.267. The number of nitrogens with one attached hydrogen (secondary N) is 1. The predicted octanol–water partition coefficient (Wildman–Crippen LogP) is 3.45. The first-order valence-corrected chi connectivity index (χ1v) is 7.36. The Morgan fingerprint density at radius 2 is 2.04 bits per heavy atom. The average Bonchev–Trinajstić information content (AvgIpc) is 2.49. The molecule has 8 heteroatoms. The fourth-order valence-electron chi connectivity index (χ4n) is 1.63. The summed E-state index contributed by atoms with van der Waals surface area (Å²) in [6.07, 6.45) is 1.10. The van der Waals surface area contributed by atoms with Crippen LogP contribution in [0.5, 0.6) is 0 Å². The number of methoxy groups -OCH3 is 1. The summed E-state index contributed by atoms with van der Waals surface area (Å²) in [6, 6.07) is 2.85. The van der Waals surface area contributed by atoms with Crippen LogP contribution in [0.2, 0.25) is 10.0 Å². The first kappa shape index (κ1) is 19.0. The second kappa shape index (κ2) is 8.55. The van der Waals surface area contributed by atoms with Crippen LogP contribution in [-0.4, -0.2) is 36.9 Å². The number of allylic oxidation sites excluding steroid dienone is 1. The quantitative estimate of drug-likeness (QED) is 0.365. The van der Waals surface area contributed by atoms with Gasteiger partial charge < -0.3 is 15.2 Å². The molecule has 2 N–H and O–H groups in total. The molecule has 1 amide bonds. The number of aliphatic imine (C=N–C) groups is 1. The lowest BCUT2D eigenvalue weighted by atomic mass is 10.2. The van der Waals surface area contributed by atoms with Crippen molar-refractivity contribution in [1.82, 2.24) is 5.32 Å². The molecule has 0 saturated heterocycles. The Hall–Kier alpha value is -2.05. The smallest absolute Gasteiger partial charge is 0.342 e. The second-order valence-corrected chi connectivity index (χ2v) is 5.21. The maximum atomic E-state index is 11.9. The number of hydrogen-bond donors (Lipinski definition) is 2. The lowest BCUT2D eigenvalue weighted by molar-refractivity contribution is -0.135. The lowest BCUT2D eigenvalue weighted by Crippen LogP contribution is -2.22. The number of ether oxygens (including phenoxy) is 1. The Morgan fingerprint density at radius 1 is 1.39 bits per heavy atom. The Labute approximate surface area is 143 Å². The van der Waals surface area contributed by atoms with Crippen LogP contribution in [0, 0.1) is 0 Å². The zero-order chi connectivity index (χ0) is 17.6. The number of carbonyl (C=O) groups is 2. The van der Waals surface area contributed by atoms with E-state index >= 15 is 0 Å². The number of amides is 1. The van der Waals surface area contributed by atoms with Crippen LogP contribution in [0.4, 0.5) is 5.69 Å². The molecule has 0 aromatic heterocycles. The van der Waals surface area contributed by atoms with Gasteiger partial charge in [-0.3, -0.25) is 9.79 Å². The van der Waals surface area contributed by atoms with E-state index in [2.05, 4.69) is 15.0 Å². The van der Waals surface area contributed by atoms with E-state index in [4.69, 9.17) is 23.2 Å². The van der Waals surface area contributed by atoms with Crippen molar-refractivity contribution in [1.29, 1.82) is 0 Å². The number of rotatable bonds is 5. The highest BCUT2D eigenvalue weighted by Crippen LogP contribution is 2.32. The number of aliphatic hydroxyl groups is 1. The Bertz CT molecular complexity index is 680. The molecule has 0 heterocycles. The van der Waals surface area contributed by atoms with Crippen molar-refractivity contribution < 1.29 is 19.4 Å². The van der Waals surface area contributed by atoms with Gasteiger partial charge in [0.15, 0.2) is 0 Å². The van der Waals surface area contributed by atoms with E-state index in [-0.39, 0.29) is 32.6 Å². The van der Waals surface area contributed by atoms with E-state index in [1.165, 1.54) is 26.2 Å². The molecular formula is C15H16Cl2N2O4. The molecule has 23 heavy (non-hydrogen) atoms. The van der Waals surface area contributed by atoms with Crippen molar-refractivity contribution in [2.24, 2.45) is 4.99 Å². The number of halogens is 2. The zero-order valence-corrected chi connectivity index (χ0v) is 14.3. The SMILES string of the molecule is CCNC(=O)c1cc(Cl)cc(N=CC(C(=O)OC)=C(C)O)c1Cl. The summed E-state index contributed by atoms with van der Waals surface area (Å²) in [5.41, 5.74) is 0.212. The van der Waals surface area contributed by atoms with E-state index in [0.717, 1.165) is 6.21 Å². The first-order valence-electron chi connectivity index (χ1n) is 6.61. The number of aliphatic hydroxyl groups excluding tert-OH is 1. The van der Waals surface area contributed by atoms with Crippen molar-refractivity contribution in [3.63, 3.8) is 0 Å². The lowest BCUT2D eigenvalue weighted by Gasteiger charge is -2.08. The predicted molar refractivity (Wildman–Crippen MR) is 90.0 cm³/mol. The topological polar surface area (TPSA) is 88.0 Å². The highest BCUT2D eigenvalue weighted by Gasteiger charge is 2.15. The number of benzene rings is 1. The third-order valence-corrected chi connectivity index (χ3v) is 3.34. The zero-order valence-electron chi connectivity index (χ0n) is 12.8. The molecule has 0 atom stereocenters. The van der Waals surface area contributed by atoms with Gasteiger partial charge in [-0.1, -0.05) is 23.2 Å². The minimum Gasteiger partial charge on any atom is -0.512 e. The van der Waals surface area contributed by atoms with E-state index in [1.807, 2.05) is 0 Å². The molecule has 124 valence electrons. The molecule has 1 aromatic rings. The molecule has 1 rings (SSSR count). The van der Waals surface area contributed by atoms with E-state index in [0.29, 0.717) is 6.54 Å². The first-order chi connectivity index (χ1) is 10.8. The highest BCUT2D eigenvalue weighted by atomic mass is 35.5. The number of hydrogen-bond acceptors (Lipinski definition) is 5. The third-order valence-electron chi connectivity index (χ3n) is 2.73. The van der Waals surface area contributed by atoms with Crippen LogP contribution in [0.25, 0.3) is 0 Å². The molecule has 0 aliphatic carbocycles. The average molecular weight is 359 g/mol. The maximum Gasteiger partial charge on any atom is 0.342 e. The minimum absolute atomic E-state index is 0.0800. The van der Waals surface area contributed by atoms with E-state index in [1.54, 1.807) is 6.92 Å². The van der Waals surface area contributed by atoms with Crippen LogP contribution in [0.3, 0.4) is 0 Å². The van der Waals surface area contributed by atoms with Crippen molar-refractivity contribution in [2.75, 3.05) is 13.7 Å².